The largest absolute Gasteiger partial charge is 0.486 e. The van der Waals surface area contributed by atoms with Crippen LogP contribution < -0.4 is 20.1 Å². The van der Waals surface area contributed by atoms with E-state index in [1.54, 1.807) is 7.05 Å². The monoisotopic (exact) mass is 250 g/mol. The summed E-state index contributed by atoms with van der Waals surface area (Å²) in [5.41, 5.74) is 1.07. The van der Waals surface area contributed by atoms with Crippen molar-refractivity contribution >= 4 is 5.91 Å². The Bertz CT molecular complexity index is 434. The number of rotatable bonds is 4. The maximum Gasteiger partial charge on any atom is 0.233 e. The molecule has 1 atom stereocenters. The second kappa shape index (κ2) is 5.73. The van der Waals surface area contributed by atoms with Crippen molar-refractivity contribution < 1.29 is 14.3 Å². The van der Waals surface area contributed by atoms with E-state index < -0.39 is 0 Å². The molecule has 1 aliphatic rings. The van der Waals surface area contributed by atoms with Gasteiger partial charge in [-0.1, -0.05) is 6.07 Å². The SMILES string of the molecule is CNC(=O)CNC(C)c1ccc2c(c1)OCCO2. The van der Waals surface area contributed by atoms with E-state index in [4.69, 9.17) is 9.47 Å². The molecule has 1 heterocycles. The Balaban J connectivity index is 2.01. The van der Waals surface area contributed by atoms with Crippen LogP contribution in [0, 0.1) is 0 Å². The van der Waals surface area contributed by atoms with Crippen LogP contribution in [0.4, 0.5) is 0 Å². The van der Waals surface area contributed by atoms with Gasteiger partial charge in [-0.15, -0.1) is 0 Å². The zero-order chi connectivity index (χ0) is 13.0. The number of amides is 1. The molecule has 98 valence electrons. The molecule has 18 heavy (non-hydrogen) atoms. The highest BCUT2D eigenvalue weighted by molar-refractivity contribution is 5.77. The molecule has 0 saturated heterocycles. The lowest BCUT2D eigenvalue weighted by molar-refractivity contribution is -0.119. The van der Waals surface area contributed by atoms with Gasteiger partial charge in [-0.05, 0) is 24.6 Å². The first-order valence-corrected chi connectivity index (χ1v) is 6.04. The highest BCUT2D eigenvalue weighted by atomic mass is 16.6. The third-order valence-electron chi connectivity index (χ3n) is 2.91. The molecule has 1 amide bonds. The van der Waals surface area contributed by atoms with E-state index >= 15 is 0 Å². The lowest BCUT2D eigenvalue weighted by atomic mass is 10.1. The van der Waals surface area contributed by atoms with E-state index in [1.807, 2.05) is 25.1 Å². The lowest BCUT2D eigenvalue weighted by Crippen LogP contribution is -2.32. The van der Waals surface area contributed by atoms with Gasteiger partial charge in [0, 0.05) is 13.1 Å². The number of likely N-dealkylation sites (N-methyl/N-ethyl adjacent to an activating group) is 1. The number of carbonyl (C=O) groups excluding carboxylic acids is 1. The summed E-state index contributed by atoms with van der Waals surface area (Å²) in [6.07, 6.45) is 0. The molecule has 0 aliphatic carbocycles. The van der Waals surface area contributed by atoms with E-state index in [-0.39, 0.29) is 11.9 Å². The average molecular weight is 250 g/mol. The fourth-order valence-electron chi connectivity index (χ4n) is 1.78. The molecule has 2 N–H and O–H groups in total. The van der Waals surface area contributed by atoms with Crippen molar-refractivity contribution in [2.45, 2.75) is 13.0 Å². The van der Waals surface area contributed by atoms with Gasteiger partial charge in [0.15, 0.2) is 11.5 Å². The first kappa shape index (κ1) is 12.7. The predicted molar refractivity (Wildman–Crippen MR) is 67.9 cm³/mol. The quantitative estimate of drug-likeness (QED) is 0.832. The molecule has 1 unspecified atom stereocenters. The van der Waals surface area contributed by atoms with Crippen molar-refractivity contribution in [2.75, 3.05) is 26.8 Å². The second-order valence-electron chi connectivity index (χ2n) is 4.18. The molecule has 0 aromatic heterocycles. The van der Waals surface area contributed by atoms with Crippen LogP contribution in [0.1, 0.15) is 18.5 Å². The number of nitrogens with one attached hydrogen (secondary N) is 2. The molecule has 0 spiro atoms. The fourth-order valence-corrected chi connectivity index (χ4v) is 1.78. The van der Waals surface area contributed by atoms with Crippen molar-refractivity contribution in [3.63, 3.8) is 0 Å². The molecule has 5 nitrogen and oxygen atoms in total. The fraction of sp³-hybridized carbons (Fsp3) is 0.462. The Morgan fingerprint density at radius 3 is 2.78 bits per heavy atom. The number of hydrogen-bond donors (Lipinski definition) is 2. The standard InChI is InChI=1S/C13H18N2O3/c1-9(15-8-13(16)14-2)10-3-4-11-12(7-10)18-6-5-17-11/h3-4,7,9,15H,5-6,8H2,1-2H3,(H,14,16). The van der Waals surface area contributed by atoms with E-state index in [1.165, 1.54) is 0 Å². The number of ether oxygens (including phenoxy) is 2. The third-order valence-corrected chi connectivity index (χ3v) is 2.91. The van der Waals surface area contributed by atoms with E-state index in [2.05, 4.69) is 10.6 Å². The molecule has 1 aliphatic heterocycles. The summed E-state index contributed by atoms with van der Waals surface area (Å²) in [4.78, 5) is 11.2. The van der Waals surface area contributed by atoms with Crippen molar-refractivity contribution in [1.82, 2.24) is 10.6 Å². The van der Waals surface area contributed by atoms with Crippen LogP contribution in [0.25, 0.3) is 0 Å². The van der Waals surface area contributed by atoms with Gasteiger partial charge in [-0.25, -0.2) is 0 Å². The molecule has 0 fully saturated rings. The van der Waals surface area contributed by atoms with Crippen LogP contribution >= 0.6 is 0 Å². The highest BCUT2D eigenvalue weighted by Gasteiger charge is 2.14. The summed E-state index contributed by atoms with van der Waals surface area (Å²) in [7, 11) is 1.62. The number of fused-ring (bicyclic) bond motifs is 1. The van der Waals surface area contributed by atoms with Gasteiger partial charge >= 0.3 is 0 Å². The Labute approximate surface area is 106 Å². The van der Waals surface area contributed by atoms with Crippen molar-refractivity contribution in [3.05, 3.63) is 23.8 Å². The average Bonchev–Trinajstić information content (AvgIpc) is 2.43. The van der Waals surface area contributed by atoms with E-state index in [0.717, 1.165) is 17.1 Å². The minimum absolute atomic E-state index is 0.0283. The van der Waals surface area contributed by atoms with Gasteiger partial charge in [0.25, 0.3) is 0 Å². The predicted octanol–water partition coefficient (Wildman–Crippen LogP) is 0.854. The van der Waals surface area contributed by atoms with Crippen LogP contribution in [0.5, 0.6) is 11.5 Å². The normalized spacial score (nSPS) is 15.0. The van der Waals surface area contributed by atoms with E-state index in [0.29, 0.717) is 19.8 Å². The minimum Gasteiger partial charge on any atom is -0.486 e. The Morgan fingerprint density at radius 1 is 1.33 bits per heavy atom. The first-order valence-electron chi connectivity index (χ1n) is 6.04. The van der Waals surface area contributed by atoms with Crippen LogP contribution in [0.3, 0.4) is 0 Å². The van der Waals surface area contributed by atoms with Gasteiger partial charge in [0.05, 0.1) is 6.54 Å². The minimum atomic E-state index is -0.0283. The van der Waals surface area contributed by atoms with Crippen molar-refractivity contribution in [2.24, 2.45) is 0 Å². The Kier molecular flexibility index (Phi) is 4.04. The van der Waals surface area contributed by atoms with Crippen LogP contribution in [0.2, 0.25) is 0 Å². The number of hydrogen-bond acceptors (Lipinski definition) is 4. The summed E-state index contributed by atoms with van der Waals surface area (Å²) in [5.74, 6) is 1.52. The number of benzene rings is 1. The third kappa shape index (κ3) is 2.92. The Hall–Kier alpha value is -1.75. The maximum absolute atomic E-state index is 11.2. The van der Waals surface area contributed by atoms with Gasteiger partial charge in [0.1, 0.15) is 13.2 Å². The summed E-state index contributed by atoms with van der Waals surface area (Å²) in [5, 5.41) is 5.72. The summed E-state index contributed by atoms with van der Waals surface area (Å²) >= 11 is 0. The molecule has 2 rings (SSSR count). The summed E-state index contributed by atoms with van der Waals surface area (Å²) in [6.45, 7) is 3.48. The van der Waals surface area contributed by atoms with Gasteiger partial charge in [-0.3, -0.25) is 4.79 Å². The van der Waals surface area contributed by atoms with Crippen LogP contribution in [-0.2, 0) is 4.79 Å². The molecule has 1 aromatic carbocycles. The summed E-state index contributed by atoms with van der Waals surface area (Å²) in [6, 6.07) is 5.92. The number of carbonyl (C=O) groups is 1. The van der Waals surface area contributed by atoms with Crippen molar-refractivity contribution in [3.8, 4) is 11.5 Å². The topological polar surface area (TPSA) is 59.6 Å². The lowest BCUT2D eigenvalue weighted by Gasteiger charge is -2.21. The summed E-state index contributed by atoms with van der Waals surface area (Å²) < 4.78 is 11.0. The van der Waals surface area contributed by atoms with Gasteiger partial charge < -0.3 is 20.1 Å². The van der Waals surface area contributed by atoms with Crippen LogP contribution in [0.15, 0.2) is 18.2 Å². The van der Waals surface area contributed by atoms with Crippen LogP contribution in [-0.4, -0.2) is 32.7 Å². The molecular weight excluding hydrogens is 232 g/mol. The van der Waals surface area contributed by atoms with Crippen molar-refractivity contribution in [1.29, 1.82) is 0 Å². The molecule has 1 aromatic rings. The van der Waals surface area contributed by atoms with Gasteiger partial charge in [0.2, 0.25) is 5.91 Å². The zero-order valence-corrected chi connectivity index (χ0v) is 10.7. The molecule has 0 radical (unpaired) electrons. The van der Waals surface area contributed by atoms with E-state index in [9.17, 15) is 4.79 Å². The highest BCUT2D eigenvalue weighted by Crippen LogP contribution is 2.32. The smallest absolute Gasteiger partial charge is 0.233 e. The first-order chi connectivity index (χ1) is 8.70. The molecular formula is C13H18N2O3. The van der Waals surface area contributed by atoms with Gasteiger partial charge in [-0.2, -0.15) is 0 Å². The zero-order valence-electron chi connectivity index (χ0n) is 10.7. The molecule has 0 saturated carbocycles. The second-order valence-corrected chi connectivity index (χ2v) is 4.18. The maximum atomic E-state index is 11.2. The molecule has 0 bridgehead atoms. The Morgan fingerprint density at radius 2 is 2.06 bits per heavy atom. The molecule has 5 heteroatoms.